The van der Waals surface area contributed by atoms with Crippen molar-refractivity contribution in [2.75, 3.05) is 11.9 Å². The van der Waals surface area contributed by atoms with Gasteiger partial charge in [-0.15, -0.1) is 0 Å². The van der Waals surface area contributed by atoms with Crippen molar-refractivity contribution in [2.24, 2.45) is 17.8 Å². The molecule has 0 heterocycles. The number of carbonyl (C=O) groups is 2. The molecule has 3 saturated carbocycles. The Labute approximate surface area is 228 Å². The summed E-state index contributed by atoms with van der Waals surface area (Å²) >= 11 is 6.24. The topological polar surface area (TPSA) is 113 Å². The van der Waals surface area contributed by atoms with E-state index >= 15 is 0 Å². The number of amides is 2. The Morgan fingerprint density at radius 1 is 1.08 bits per heavy atom. The first kappa shape index (κ1) is 27.7. The highest BCUT2D eigenvalue weighted by Gasteiger charge is 2.56. The monoisotopic (exact) mass is 582 g/mol. The van der Waals surface area contributed by atoms with Gasteiger partial charge >= 0.3 is 0 Å². The van der Waals surface area contributed by atoms with Crippen molar-refractivity contribution in [2.45, 2.75) is 47.9 Å². The second kappa shape index (κ2) is 9.94. The molecule has 3 N–H and O–H groups in total. The van der Waals surface area contributed by atoms with Gasteiger partial charge in [0.15, 0.2) is 27.3 Å². The highest BCUT2D eigenvalue weighted by Crippen LogP contribution is 2.52. The molecule has 0 saturated heterocycles. The zero-order valence-electron chi connectivity index (χ0n) is 20.6. The minimum atomic E-state index is -4.05. The third-order valence-electron chi connectivity index (χ3n) is 8.21. The fraction of sp³-hybridized carbons (Fsp3) is 0.407. The molecule has 0 radical (unpaired) electrons. The summed E-state index contributed by atoms with van der Waals surface area (Å²) in [5.41, 5.74) is -0.856. The molecule has 0 spiro atoms. The van der Waals surface area contributed by atoms with Crippen LogP contribution in [0.15, 0.2) is 47.4 Å². The largest absolute Gasteiger partial charge is 0.387 e. The van der Waals surface area contributed by atoms with Crippen molar-refractivity contribution < 1.29 is 36.3 Å². The summed E-state index contributed by atoms with van der Waals surface area (Å²) in [5.74, 6) is -6.66. The minimum Gasteiger partial charge on any atom is -0.387 e. The lowest BCUT2D eigenvalue weighted by atomic mass is 9.74. The van der Waals surface area contributed by atoms with Crippen molar-refractivity contribution in [1.82, 2.24) is 5.32 Å². The third kappa shape index (κ3) is 5.07. The van der Waals surface area contributed by atoms with Crippen LogP contribution in [0.5, 0.6) is 0 Å². The molecule has 0 aliphatic heterocycles. The second-order valence-electron chi connectivity index (χ2n) is 10.6. The van der Waals surface area contributed by atoms with Crippen LogP contribution in [0, 0.1) is 35.2 Å². The molecule has 3 fully saturated rings. The Morgan fingerprint density at radius 2 is 1.67 bits per heavy atom. The second-order valence-corrected chi connectivity index (χ2v) is 13.2. The Morgan fingerprint density at radius 3 is 2.23 bits per heavy atom. The summed E-state index contributed by atoms with van der Waals surface area (Å²) < 4.78 is 67.7. The van der Waals surface area contributed by atoms with E-state index < -0.39 is 44.0 Å². The third-order valence-corrected chi connectivity index (χ3v) is 10.9. The molecule has 3 aliphatic carbocycles. The molecule has 2 bridgehead atoms. The molecular formula is C27H26ClF3N2O5S. The van der Waals surface area contributed by atoms with Gasteiger partial charge in [0, 0.05) is 29.9 Å². The maximum atomic E-state index is 13.7. The molecule has 208 valence electrons. The molecular weight excluding hydrogens is 557 g/mol. The summed E-state index contributed by atoms with van der Waals surface area (Å²) in [5, 5.41) is 15.5. The van der Waals surface area contributed by atoms with E-state index in [1.54, 1.807) is 0 Å². The zero-order valence-corrected chi connectivity index (χ0v) is 22.2. The predicted octanol–water partition coefficient (Wildman–Crippen LogP) is 4.40. The van der Waals surface area contributed by atoms with Gasteiger partial charge in [-0.25, -0.2) is 21.6 Å². The van der Waals surface area contributed by atoms with Crippen LogP contribution in [-0.2, 0) is 14.6 Å². The number of sulfone groups is 1. The van der Waals surface area contributed by atoms with E-state index in [9.17, 15) is 36.3 Å². The van der Waals surface area contributed by atoms with Crippen LogP contribution >= 0.6 is 11.6 Å². The molecule has 39 heavy (non-hydrogen) atoms. The average Bonchev–Trinajstić information content (AvgIpc) is 3.60. The highest BCUT2D eigenvalue weighted by molar-refractivity contribution is 7.92. The maximum absolute atomic E-state index is 13.7. The van der Waals surface area contributed by atoms with Crippen molar-refractivity contribution in [1.29, 1.82) is 0 Å². The first-order valence-electron chi connectivity index (χ1n) is 12.5. The van der Waals surface area contributed by atoms with E-state index in [1.807, 2.05) is 0 Å². The Bertz CT molecular complexity index is 1460. The number of anilines is 1. The van der Waals surface area contributed by atoms with Gasteiger partial charge in [-0.1, -0.05) is 23.8 Å². The fourth-order valence-electron chi connectivity index (χ4n) is 5.86. The number of hydrogen-bond acceptors (Lipinski definition) is 5. The van der Waals surface area contributed by atoms with E-state index in [-0.39, 0.29) is 64.2 Å². The van der Waals surface area contributed by atoms with Crippen LogP contribution in [0.2, 0.25) is 5.02 Å². The van der Waals surface area contributed by atoms with Gasteiger partial charge in [0.05, 0.1) is 26.7 Å². The summed E-state index contributed by atoms with van der Waals surface area (Å²) in [6.07, 6.45) is 2.16. The molecule has 2 amide bonds. The van der Waals surface area contributed by atoms with E-state index in [0.717, 1.165) is 11.6 Å². The molecule has 7 nitrogen and oxygen atoms in total. The quantitative estimate of drug-likeness (QED) is 0.331. The van der Waals surface area contributed by atoms with E-state index in [1.165, 1.54) is 12.1 Å². The molecule has 5 rings (SSSR count). The SMILES string of the molecule is C=C1CC1C(=O)NCC1(O)C2CCC1CC(S(=O)(=O)c1cc(C(=O)Nc3cc(F)c(F)c(F)c3)ccc1Cl)C2. The number of carbonyl (C=O) groups excluding carboxylic acids is 2. The van der Waals surface area contributed by atoms with Gasteiger partial charge in [-0.3, -0.25) is 9.59 Å². The lowest BCUT2D eigenvalue weighted by Gasteiger charge is -2.42. The average molecular weight is 583 g/mol. The molecule has 2 aromatic rings. The number of aliphatic hydroxyl groups is 1. The Balaban J connectivity index is 1.32. The fourth-order valence-corrected chi connectivity index (χ4v) is 8.26. The summed E-state index contributed by atoms with van der Waals surface area (Å²) in [6.45, 7) is 3.82. The summed E-state index contributed by atoms with van der Waals surface area (Å²) in [4.78, 5) is 24.7. The number of fused-ring (bicyclic) bond motifs is 2. The van der Waals surface area contributed by atoms with Gasteiger partial charge in [-0.2, -0.15) is 0 Å². The summed E-state index contributed by atoms with van der Waals surface area (Å²) in [6, 6.07) is 4.80. The van der Waals surface area contributed by atoms with Crippen molar-refractivity contribution >= 4 is 38.9 Å². The highest BCUT2D eigenvalue weighted by atomic mass is 35.5. The van der Waals surface area contributed by atoms with Crippen LogP contribution < -0.4 is 10.6 Å². The zero-order chi connectivity index (χ0) is 28.3. The molecule has 3 atom stereocenters. The molecule has 2 aromatic carbocycles. The van der Waals surface area contributed by atoms with Crippen molar-refractivity contribution in [3.63, 3.8) is 0 Å². The normalized spacial score (nSPS) is 27.8. The molecule has 3 unspecified atom stereocenters. The van der Waals surface area contributed by atoms with Crippen molar-refractivity contribution in [3.8, 4) is 0 Å². The lowest BCUT2D eigenvalue weighted by Crippen LogP contribution is -2.54. The van der Waals surface area contributed by atoms with Gasteiger partial charge in [0.2, 0.25) is 5.91 Å². The van der Waals surface area contributed by atoms with Gasteiger partial charge in [-0.05, 0) is 62.1 Å². The maximum Gasteiger partial charge on any atom is 0.255 e. The van der Waals surface area contributed by atoms with Gasteiger partial charge < -0.3 is 15.7 Å². The van der Waals surface area contributed by atoms with Crippen LogP contribution in [-0.4, -0.2) is 42.7 Å². The molecule has 3 aliphatic rings. The predicted molar refractivity (Wildman–Crippen MR) is 137 cm³/mol. The van der Waals surface area contributed by atoms with Crippen LogP contribution in [0.25, 0.3) is 0 Å². The first-order valence-corrected chi connectivity index (χ1v) is 14.4. The first-order chi connectivity index (χ1) is 18.3. The van der Waals surface area contributed by atoms with Crippen LogP contribution in [0.3, 0.4) is 0 Å². The number of benzene rings is 2. The van der Waals surface area contributed by atoms with Crippen LogP contribution in [0.1, 0.15) is 42.5 Å². The minimum absolute atomic E-state index is 0.0404. The number of halogens is 4. The van der Waals surface area contributed by atoms with E-state index in [4.69, 9.17) is 11.6 Å². The molecule has 12 heteroatoms. The number of rotatable bonds is 7. The Kier molecular flexibility index (Phi) is 7.05. The standard InChI is InChI=1S/C27H26ClF3N2O5S/c1-13-6-19(13)26(35)32-12-27(36)15-3-4-16(27)9-18(8-15)39(37,38)23-7-14(2-5-20(23)28)25(34)33-17-10-21(29)24(31)22(30)11-17/h2,5,7,10-11,15-16,18-19,36H,1,3-4,6,8-9,12H2,(H,32,35)(H,33,34). The summed E-state index contributed by atoms with van der Waals surface area (Å²) in [7, 11) is -4.05. The van der Waals surface area contributed by atoms with Gasteiger partial charge in [0.25, 0.3) is 5.91 Å². The Hall–Kier alpha value is -2.89. The van der Waals surface area contributed by atoms with Crippen LogP contribution in [0.4, 0.5) is 18.9 Å². The number of nitrogens with one attached hydrogen (secondary N) is 2. The smallest absolute Gasteiger partial charge is 0.255 e. The number of hydrogen-bond donors (Lipinski definition) is 3. The van der Waals surface area contributed by atoms with E-state index in [2.05, 4.69) is 17.2 Å². The van der Waals surface area contributed by atoms with Gasteiger partial charge in [0.1, 0.15) is 0 Å². The van der Waals surface area contributed by atoms with Crippen molar-refractivity contribution in [3.05, 3.63) is 70.5 Å². The molecule has 0 aromatic heterocycles. The van der Waals surface area contributed by atoms with E-state index in [0.29, 0.717) is 31.4 Å². The lowest BCUT2D eigenvalue weighted by molar-refractivity contribution is -0.125.